The second kappa shape index (κ2) is 7.42. The van der Waals surface area contributed by atoms with Crippen molar-refractivity contribution in [3.63, 3.8) is 0 Å². The van der Waals surface area contributed by atoms with E-state index in [2.05, 4.69) is 16.4 Å². The smallest absolute Gasteiger partial charge is 0.244 e. The van der Waals surface area contributed by atoms with Crippen molar-refractivity contribution in [3.05, 3.63) is 70.5 Å². The van der Waals surface area contributed by atoms with Gasteiger partial charge in [0, 0.05) is 24.2 Å². The highest BCUT2D eigenvalue weighted by Crippen LogP contribution is 2.23. The average Bonchev–Trinajstić information content (AvgIpc) is 3.24. The van der Waals surface area contributed by atoms with Crippen molar-refractivity contribution >= 4 is 50.7 Å². The summed E-state index contributed by atoms with van der Waals surface area (Å²) in [7, 11) is 1.65. The minimum atomic E-state index is -0.189. The van der Waals surface area contributed by atoms with Crippen molar-refractivity contribution in [2.45, 2.75) is 6.54 Å². The van der Waals surface area contributed by atoms with Crippen LogP contribution in [0.3, 0.4) is 0 Å². The summed E-state index contributed by atoms with van der Waals surface area (Å²) in [6.45, 7) is 0.444. The molecule has 0 spiro atoms. The molecule has 0 aliphatic heterocycles. The summed E-state index contributed by atoms with van der Waals surface area (Å²) in [5.41, 5.74) is 1.72. The van der Waals surface area contributed by atoms with Crippen LogP contribution in [0, 0.1) is 0 Å². The standard InChI is InChI=1S/C20H16ClN3O2S/c1-26-16-5-4-14-10-13(2-3-15(14)11-16)12-22-18(25)7-6-17-19(21)23-20-24(17)8-9-27-20/h2-11H,12H2,1H3,(H,22,25)/b7-6+. The van der Waals surface area contributed by atoms with Crippen LogP contribution in [-0.2, 0) is 11.3 Å². The number of carbonyl (C=O) groups is 1. The van der Waals surface area contributed by atoms with Gasteiger partial charge in [-0.3, -0.25) is 9.20 Å². The van der Waals surface area contributed by atoms with E-state index in [0.29, 0.717) is 17.4 Å². The van der Waals surface area contributed by atoms with E-state index in [0.717, 1.165) is 27.0 Å². The van der Waals surface area contributed by atoms with E-state index in [1.54, 1.807) is 13.2 Å². The van der Waals surface area contributed by atoms with Crippen LogP contribution in [0.2, 0.25) is 5.15 Å². The summed E-state index contributed by atoms with van der Waals surface area (Å²) in [5, 5.41) is 7.39. The molecule has 2 aromatic carbocycles. The fourth-order valence-corrected chi connectivity index (χ4v) is 3.84. The van der Waals surface area contributed by atoms with Crippen LogP contribution in [0.1, 0.15) is 11.3 Å². The highest BCUT2D eigenvalue weighted by Gasteiger charge is 2.08. The lowest BCUT2D eigenvalue weighted by molar-refractivity contribution is -0.116. The molecule has 7 heteroatoms. The van der Waals surface area contributed by atoms with Gasteiger partial charge in [-0.05, 0) is 40.6 Å². The number of nitrogens with one attached hydrogen (secondary N) is 1. The minimum Gasteiger partial charge on any atom is -0.497 e. The second-order valence-corrected chi connectivity index (χ2v) is 7.17. The predicted molar refractivity (Wildman–Crippen MR) is 109 cm³/mol. The number of hydrogen-bond acceptors (Lipinski definition) is 4. The molecule has 0 bridgehead atoms. The Bertz CT molecular complexity index is 1160. The molecule has 0 aliphatic carbocycles. The number of carbonyl (C=O) groups excluding carboxylic acids is 1. The second-order valence-electron chi connectivity index (χ2n) is 5.94. The molecule has 2 aromatic heterocycles. The van der Waals surface area contributed by atoms with Gasteiger partial charge in [0.2, 0.25) is 5.91 Å². The zero-order chi connectivity index (χ0) is 18.8. The monoisotopic (exact) mass is 397 g/mol. The first kappa shape index (κ1) is 17.6. The molecule has 136 valence electrons. The molecule has 0 saturated heterocycles. The van der Waals surface area contributed by atoms with E-state index in [1.165, 1.54) is 17.4 Å². The third kappa shape index (κ3) is 3.67. The number of aromatic nitrogens is 2. The van der Waals surface area contributed by atoms with Crippen LogP contribution in [0.25, 0.3) is 21.8 Å². The van der Waals surface area contributed by atoms with Crippen molar-refractivity contribution in [2.24, 2.45) is 0 Å². The number of imidazole rings is 1. The van der Waals surface area contributed by atoms with Gasteiger partial charge in [0.25, 0.3) is 0 Å². The van der Waals surface area contributed by atoms with Crippen LogP contribution in [0.15, 0.2) is 54.1 Å². The van der Waals surface area contributed by atoms with Crippen molar-refractivity contribution in [1.29, 1.82) is 0 Å². The first-order chi connectivity index (χ1) is 13.1. The number of fused-ring (bicyclic) bond motifs is 2. The molecule has 1 amide bonds. The molecule has 5 nitrogen and oxygen atoms in total. The first-order valence-corrected chi connectivity index (χ1v) is 9.53. The lowest BCUT2D eigenvalue weighted by Crippen LogP contribution is -2.20. The van der Waals surface area contributed by atoms with Crippen molar-refractivity contribution in [1.82, 2.24) is 14.7 Å². The topological polar surface area (TPSA) is 55.6 Å². The Balaban J connectivity index is 1.43. The van der Waals surface area contributed by atoms with E-state index in [4.69, 9.17) is 16.3 Å². The lowest BCUT2D eigenvalue weighted by Gasteiger charge is -2.06. The molecular weight excluding hydrogens is 382 g/mol. The van der Waals surface area contributed by atoms with E-state index in [-0.39, 0.29) is 5.91 Å². The summed E-state index contributed by atoms with van der Waals surface area (Å²) in [6, 6.07) is 12.0. The van der Waals surface area contributed by atoms with Gasteiger partial charge in [0.15, 0.2) is 10.1 Å². The maximum atomic E-state index is 12.2. The minimum absolute atomic E-state index is 0.189. The molecule has 0 saturated carbocycles. The van der Waals surface area contributed by atoms with Gasteiger partial charge >= 0.3 is 0 Å². The summed E-state index contributed by atoms with van der Waals surface area (Å²) < 4.78 is 7.09. The molecule has 0 unspecified atom stereocenters. The van der Waals surface area contributed by atoms with Gasteiger partial charge in [0.05, 0.1) is 12.8 Å². The average molecular weight is 398 g/mol. The van der Waals surface area contributed by atoms with Crippen molar-refractivity contribution in [3.8, 4) is 5.75 Å². The zero-order valence-corrected chi connectivity index (χ0v) is 16.1. The van der Waals surface area contributed by atoms with Crippen LogP contribution in [0.5, 0.6) is 5.75 Å². The van der Waals surface area contributed by atoms with E-state index in [9.17, 15) is 4.79 Å². The Morgan fingerprint density at radius 3 is 2.96 bits per heavy atom. The highest BCUT2D eigenvalue weighted by molar-refractivity contribution is 7.15. The zero-order valence-electron chi connectivity index (χ0n) is 14.5. The molecule has 0 aliphatic rings. The van der Waals surface area contributed by atoms with Gasteiger partial charge in [0.1, 0.15) is 5.75 Å². The van der Waals surface area contributed by atoms with Crippen molar-refractivity contribution < 1.29 is 9.53 Å². The largest absolute Gasteiger partial charge is 0.497 e. The molecule has 0 fully saturated rings. The Labute approximate surface area is 164 Å². The number of benzene rings is 2. The van der Waals surface area contributed by atoms with Gasteiger partial charge in [-0.2, -0.15) is 0 Å². The quantitative estimate of drug-likeness (QED) is 0.503. The maximum Gasteiger partial charge on any atom is 0.244 e. The number of methoxy groups -OCH3 is 1. The van der Waals surface area contributed by atoms with Gasteiger partial charge in [-0.15, -0.1) is 11.3 Å². The normalized spacial score (nSPS) is 11.5. The van der Waals surface area contributed by atoms with Gasteiger partial charge in [-0.25, -0.2) is 4.98 Å². The van der Waals surface area contributed by atoms with Crippen LogP contribution in [0.4, 0.5) is 0 Å². The number of thiazole rings is 1. The molecule has 0 atom stereocenters. The summed E-state index contributed by atoms with van der Waals surface area (Å²) in [5.74, 6) is 0.637. The van der Waals surface area contributed by atoms with E-state index < -0.39 is 0 Å². The molecule has 27 heavy (non-hydrogen) atoms. The number of halogens is 1. The molecule has 4 aromatic rings. The lowest BCUT2D eigenvalue weighted by atomic mass is 10.1. The van der Waals surface area contributed by atoms with Gasteiger partial charge < -0.3 is 10.1 Å². The predicted octanol–water partition coefficient (Wildman–Crippen LogP) is 4.54. The van der Waals surface area contributed by atoms with Crippen LogP contribution in [-0.4, -0.2) is 22.4 Å². The van der Waals surface area contributed by atoms with E-state index >= 15 is 0 Å². The number of hydrogen-bond donors (Lipinski definition) is 1. The SMILES string of the molecule is COc1ccc2cc(CNC(=O)/C=C/c3c(Cl)nc4sccn34)ccc2c1. The highest BCUT2D eigenvalue weighted by atomic mass is 35.5. The molecule has 4 rings (SSSR count). The Morgan fingerprint density at radius 2 is 2.11 bits per heavy atom. The number of amides is 1. The molecule has 1 N–H and O–H groups in total. The Morgan fingerprint density at radius 1 is 1.30 bits per heavy atom. The van der Waals surface area contributed by atoms with E-state index in [1.807, 2.05) is 46.3 Å². The summed E-state index contributed by atoms with van der Waals surface area (Å²) in [6.07, 6.45) is 5.02. The fraction of sp³-hybridized carbons (Fsp3) is 0.100. The Hall–Kier alpha value is -2.83. The fourth-order valence-electron chi connectivity index (χ4n) is 2.84. The summed E-state index contributed by atoms with van der Waals surface area (Å²) in [4.78, 5) is 17.2. The third-order valence-electron chi connectivity index (χ3n) is 4.23. The number of ether oxygens (including phenoxy) is 1. The third-order valence-corrected chi connectivity index (χ3v) is 5.26. The molecule has 2 heterocycles. The van der Waals surface area contributed by atoms with Gasteiger partial charge in [-0.1, -0.05) is 29.8 Å². The molecule has 0 radical (unpaired) electrons. The van der Waals surface area contributed by atoms with Crippen molar-refractivity contribution in [2.75, 3.05) is 7.11 Å². The van der Waals surface area contributed by atoms with Crippen LogP contribution >= 0.6 is 22.9 Å². The molecular formula is C20H16ClN3O2S. The number of nitrogens with zero attached hydrogens (tertiary/aromatic N) is 2. The Kier molecular flexibility index (Phi) is 4.83. The van der Waals surface area contributed by atoms with Crippen LogP contribution < -0.4 is 10.1 Å². The maximum absolute atomic E-state index is 12.2. The number of rotatable bonds is 5. The summed E-state index contributed by atoms with van der Waals surface area (Å²) >= 11 is 7.62. The first-order valence-electron chi connectivity index (χ1n) is 8.28.